The third-order valence-electron chi connectivity index (χ3n) is 4.45. The Morgan fingerprint density at radius 3 is 2.48 bits per heavy atom. The molecule has 2 aromatic carbocycles. The average Bonchev–Trinajstić information content (AvgIpc) is 2.58. The highest BCUT2D eigenvalue weighted by Crippen LogP contribution is 2.26. The molecule has 3 rings (SSSR count). The van der Waals surface area contributed by atoms with Gasteiger partial charge in [-0.3, -0.25) is 0 Å². The van der Waals surface area contributed by atoms with Gasteiger partial charge in [-0.15, -0.1) is 0 Å². The second kappa shape index (κ2) is 7.54. The van der Waals surface area contributed by atoms with Gasteiger partial charge in [-0.2, -0.15) is 0 Å². The number of carbonyl (C=O) groups excluding carboxylic acids is 1. The molecule has 1 heterocycles. The average molecular weight is 378 g/mol. The molecule has 1 aliphatic heterocycles. The number of rotatable bonds is 2. The molecule has 1 N–H and O–H groups in total. The predicted octanol–water partition coefficient (Wildman–Crippen LogP) is 5.04. The molecular formula is C19H21Cl2N3O. The van der Waals surface area contributed by atoms with E-state index in [0.717, 1.165) is 6.54 Å². The Bertz CT molecular complexity index is 764. The summed E-state index contributed by atoms with van der Waals surface area (Å²) in [5.74, 6) is 0. The molecule has 1 aliphatic rings. The predicted molar refractivity (Wildman–Crippen MR) is 105 cm³/mol. The lowest BCUT2D eigenvalue weighted by molar-refractivity contribution is 0.200. The maximum absolute atomic E-state index is 12.5. The van der Waals surface area contributed by atoms with Gasteiger partial charge in [-0.25, -0.2) is 4.79 Å². The lowest BCUT2D eigenvalue weighted by atomic mass is 10.1. The van der Waals surface area contributed by atoms with Crippen molar-refractivity contribution < 1.29 is 4.79 Å². The molecule has 0 radical (unpaired) electrons. The Labute approximate surface area is 158 Å². The molecule has 1 unspecified atom stereocenters. The summed E-state index contributed by atoms with van der Waals surface area (Å²) in [5.41, 5.74) is 3.01. The Hall–Kier alpha value is -1.91. The molecular weight excluding hydrogens is 357 g/mol. The fraction of sp³-hybridized carbons (Fsp3) is 0.316. The molecule has 1 fully saturated rings. The van der Waals surface area contributed by atoms with Crippen LogP contribution >= 0.6 is 23.2 Å². The van der Waals surface area contributed by atoms with Crippen molar-refractivity contribution in [3.05, 3.63) is 58.1 Å². The van der Waals surface area contributed by atoms with Gasteiger partial charge in [-0.1, -0.05) is 40.9 Å². The summed E-state index contributed by atoms with van der Waals surface area (Å²) in [6.07, 6.45) is 0. The summed E-state index contributed by atoms with van der Waals surface area (Å²) in [4.78, 5) is 16.7. The highest BCUT2D eigenvalue weighted by Gasteiger charge is 2.27. The quantitative estimate of drug-likeness (QED) is 0.794. The number of amides is 2. The van der Waals surface area contributed by atoms with Crippen molar-refractivity contribution in [2.24, 2.45) is 0 Å². The Morgan fingerprint density at radius 1 is 1.12 bits per heavy atom. The van der Waals surface area contributed by atoms with E-state index in [1.165, 1.54) is 11.3 Å². The number of aryl methyl sites for hydroxylation is 1. The smallest absolute Gasteiger partial charge is 0.322 e. The van der Waals surface area contributed by atoms with Crippen LogP contribution in [0, 0.1) is 6.92 Å². The van der Waals surface area contributed by atoms with E-state index in [1.807, 2.05) is 4.90 Å². The number of hydrogen-bond acceptors (Lipinski definition) is 2. The first kappa shape index (κ1) is 17.9. The van der Waals surface area contributed by atoms with Crippen LogP contribution in [-0.4, -0.2) is 36.6 Å². The van der Waals surface area contributed by atoms with Gasteiger partial charge in [0.05, 0.1) is 10.7 Å². The molecule has 0 spiro atoms. The van der Waals surface area contributed by atoms with Crippen LogP contribution in [0.3, 0.4) is 0 Å². The van der Waals surface area contributed by atoms with Crippen molar-refractivity contribution in [2.75, 3.05) is 29.9 Å². The second-order valence-corrected chi connectivity index (χ2v) is 7.22. The summed E-state index contributed by atoms with van der Waals surface area (Å²) in [6, 6.07) is 13.6. The lowest BCUT2D eigenvalue weighted by Crippen LogP contribution is -2.54. The van der Waals surface area contributed by atoms with Crippen LogP contribution in [0.2, 0.25) is 10.0 Å². The van der Waals surface area contributed by atoms with Gasteiger partial charge < -0.3 is 15.1 Å². The SMILES string of the molecule is Cc1ccc(N2CCN(C(=O)Nc3ccc(Cl)cc3Cl)CC2C)cc1. The minimum atomic E-state index is -0.139. The van der Waals surface area contributed by atoms with Gasteiger partial charge in [-0.05, 0) is 44.2 Å². The van der Waals surface area contributed by atoms with Gasteiger partial charge in [0.2, 0.25) is 0 Å². The first-order chi connectivity index (χ1) is 11.9. The van der Waals surface area contributed by atoms with Crippen molar-refractivity contribution in [2.45, 2.75) is 19.9 Å². The molecule has 2 amide bonds. The zero-order chi connectivity index (χ0) is 18.0. The van der Waals surface area contributed by atoms with Crippen molar-refractivity contribution >= 4 is 40.6 Å². The summed E-state index contributed by atoms with van der Waals surface area (Å²) < 4.78 is 0. The fourth-order valence-corrected chi connectivity index (χ4v) is 3.50. The third-order valence-corrected chi connectivity index (χ3v) is 5.00. The first-order valence-electron chi connectivity index (χ1n) is 8.28. The van der Waals surface area contributed by atoms with Crippen LogP contribution in [-0.2, 0) is 0 Å². The topological polar surface area (TPSA) is 35.6 Å². The summed E-state index contributed by atoms with van der Waals surface area (Å²) in [5, 5.41) is 3.85. The van der Waals surface area contributed by atoms with Crippen LogP contribution in [0.15, 0.2) is 42.5 Å². The van der Waals surface area contributed by atoms with E-state index in [9.17, 15) is 4.79 Å². The lowest BCUT2D eigenvalue weighted by Gasteiger charge is -2.41. The van der Waals surface area contributed by atoms with E-state index in [4.69, 9.17) is 23.2 Å². The minimum Gasteiger partial charge on any atom is -0.365 e. The van der Waals surface area contributed by atoms with E-state index in [0.29, 0.717) is 28.8 Å². The van der Waals surface area contributed by atoms with Crippen molar-refractivity contribution in [1.29, 1.82) is 0 Å². The van der Waals surface area contributed by atoms with E-state index in [1.54, 1.807) is 18.2 Å². The maximum atomic E-state index is 12.5. The number of urea groups is 1. The van der Waals surface area contributed by atoms with Gasteiger partial charge >= 0.3 is 6.03 Å². The number of carbonyl (C=O) groups is 1. The standard InChI is InChI=1S/C19H21Cl2N3O/c1-13-3-6-16(7-4-13)24-10-9-23(12-14(24)2)19(25)22-18-8-5-15(20)11-17(18)21/h3-8,11,14H,9-10,12H2,1-2H3,(H,22,25). The second-order valence-electron chi connectivity index (χ2n) is 6.38. The van der Waals surface area contributed by atoms with E-state index < -0.39 is 0 Å². The number of piperazine rings is 1. The number of anilines is 2. The van der Waals surface area contributed by atoms with Crippen LogP contribution in [0.25, 0.3) is 0 Å². The van der Waals surface area contributed by atoms with Crippen molar-refractivity contribution in [1.82, 2.24) is 4.90 Å². The summed E-state index contributed by atoms with van der Waals surface area (Å²) >= 11 is 12.0. The minimum absolute atomic E-state index is 0.139. The van der Waals surface area contributed by atoms with E-state index in [2.05, 4.69) is 48.3 Å². The largest absolute Gasteiger partial charge is 0.365 e. The Kier molecular flexibility index (Phi) is 5.40. The van der Waals surface area contributed by atoms with E-state index in [-0.39, 0.29) is 12.1 Å². The molecule has 1 saturated heterocycles. The van der Waals surface area contributed by atoms with Gasteiger partial charge in [0.15, 0.2) is 0 Å². The summed E-state index contributed by atoms with van der Waals surface area (Å²) in [6.45, 7) is 6.33. The Morgan fingerprint density at radius 2 is 1.84 bits per heavy atom. The molecule has 2 aromatic rings. The molecule has 0 aromatic heterocycles. The number of halogens is 2. The zero-order valence-corrected chi connectivity index (χ0v) is 15.8. The molecule has 6 heteroatoms. The zero-order valence-electron chi connectivity index (χ0n) is 14.3. The van der Waals surface area contributed by atoms with Gasteiger partial charge in [0.25, 0.3) is 0 Å². The van der Waals surface area contributed by atoms with Gasteiger partial charge in [0.1, 0.15) is 0 Å². The number of nitrogens with zero attached hydrogens (tertiary/aromatic N) is 2. The van der Waals surface area contributed by atoms with E-state index >= 15 is 0 Å². The molecule has 25 heavy (non-hydrogen) atoms. The maximum Gasteiger partial charge on any atom is 0.322 e. The highest BCUT2D eigenvalue weighted by atomic mass is 35.5. The third kappa shape index (κ3) is 4.20. The van der Waals surface area contributed by atoms with Crippen LogP contribution in [0.1, 0.15) is 12.5 Å². The van der Waals surface area contributed by atoms with Gasteiger partial charge in [0, 0.05) is 36.4 Å². The van der Waals surface area contributed by atoms with Crippen molar-refractivity contribution in [3.8, 4) is 0 Å². The molecule has 4 nitrogen and oxygen atoms in total. The first-order valence-corrected chi connectivity index (χ1v) is 9.04. The summed E-state index contributed by atoms with van der Waals surface area (Å²) in [7, 11) is 0. The molecule has 0 saturated carbocycles. The molecule has 0 aliphatic carbocycles. The normalized spacial score (nSPS) is 17.5. The number of hydrogen-bond donors (Lipinski definition) is 1. The monoisotopic (exact) mass is 377 g/mol. The molecule has 132 valence electrons. The Balaban J connectivity index is 1.64. The number of nitrogens with one attached hydrogen (secondary N) is 1. The van der Waals surface area contributed by atoms with Crippen LogP contribution < -0.4 is 10.2 Å². The fourth-order valence-electron chi connectivity index (χ4n) is 3.05. The van der Waals surface area contributed by atoms with Crippen LogP contribution in [0.4, 0.5) is 16.2 Å². The van der Waals surface area contributed by atoms with Crippen molar-refractivity contribution in [3.63, 3.8) is 0 Å². The van der Waals surface area contributed by atoms with Crippen LogP contribution in [0.5, 0.6) is 0 Å². The highest BCUT2D eigenvalue weighted by molar-refractivity contribution is 6.36. The molecule has 1 atom stereocenters. The molecule has 0 bridgehead atoms. The number of benzene rings is 2.